The van der Waals surface area contributed by atoms with Gasteiger partial charge in [-0.1, -0.05) is 57.4 Å². The molecule has 2 aromatic rings. The predicted octanol–water partition coefficient (Wildman–Crippen LogP) is 4.70. The van der Waals surface area contributed by atoms with Crippen LogP contribution >= 0.6 is 0 Å². The molecule has 0 amide bonds. The van der Waals surface area contributed by atoms with Gasteiger partial charge in [-0.15, -0.1) is 0 Å². The van der Waals surface area contributed by atoms with Gasteiger partial charge in [-0.3, -0.25) is 0 Å². The Balaban J connectivity index is 0.000000771. The number of hydrogen-bond acceptors (Lipinski definition) is 1. The van der Waals surface area contributed by atoms with Gasteiger partial charge in [-0.05, 0) is 18.1 Å². The Morgan fingerprint density at radius 1 is 1.17 bits per heavy atom. The maximum atomic E-state index is 4.21. The van der Waals surface area contributed by atoms with Crippen molar-refractivity contribution in [2.24, 2.45) is 0 Å². The van der Waals surface area contributed by atoms with Crippen LogP contribution in [-0.2, 0) is 0 Å². The van der Waals surface area contributed by atoms with Crippen molar-refractivity contribution in [1.82, 2.24) is 9.97 Å². The summed E-state index contributed by atoms with van der Waals surface area (Å²) in [4.78, 5) is 7.43. The van der Waals surface area contributed by atoms with Crippen molar-refractivity contribution < 1.29 is 0 Å². The molecule has 1 aromatic heterocycles. The molecular formula is C16H20N2. The second-order valence-corrected chi connectivity index (χ2v) is 3.60. The van der Waals surface area contributed by atoms with Crippen molar-refractivity contribution in [2.45, 2.75) is 20.8 Å². The maximum Gasteiger partial charge on any atom is 0.103 e. The average molecular weight is 240 g/mol. The molecule has 2 heteroatoms. The van der Waals surface area contributed by atoms with Gasteiger partial charge < -0.3 is 4.98 Å². The number of hydrogen-bond donors (Lipinski definition) is 1. The van der Waals surface area contributed by atoms with Gasteiger partial charge in [0.05, 0.1) is 11.9 Å². The number of aromatic nitrogens is 2. The zero-order chi connectivity index (χ0) is 13.5. The number of nitrogens with zero attached hydrogens (tertiary/aromatic N) is 1. The predicted molar refractivity (Wildman–Crippen MR) is 80.3 cm³/mol. The first kappa shape index (κ1) is 14.0. The molecule has 0 fully saturated rings. The van der Waals surface area contributed by atoms with E-state index in [9.17, 15) is 0 Å². The Morgan fingerprint density at radius 2 is 1.89 bits per heavy atom. The molecular weight excluding hydrogens is 220 g/mol. The normalized spacial score (nSPS) is 9.28. The van der Waals surface area contributed by atoms with Crippen LogP contribution in [0, 0.1) is 6.92 Å². The molecule has 0 unspecified atom stereocenters. The summed E-state index contributed by atoms with van der Waals surface area (Å²) in [6, 6.07) is 6.09. The lowest BCUT2D eigenvalue weighted by Gasteiger charge is -2.07. The fourth-order valence-corrected chi connectivity index (χ4v) is 1.78. The van der Waals surface area contributed by atoms with E-state index in [0.29, 0.717) is 0 Å². The number of nitrogens with one attached hydrogen (secondary N) is 1. The molecule has 0 aliphatic carbocycles. The molecule has 0 spiro atoms. The van der Waals surface area contributed by atoms with Crippen LogP contribution < -0.4 is 0 Å². The highest BCUT2D eigenvalue weighted by atomic mass is 14.9. The molecule has 0 saturated carbocycles. The first-order valence-corrected chi connectivity index (χ1v) is 6.16. The Hall–Kier alpha value is -2.09. The summed E-state index contributed by atoms with van der Waals surface area (Å²) in [7, 11) is 0. The van der Waals surface area contributed by atoms with Crippen LogP contribution in [0.5, 0.6) is 0 Å². The van der Waals surface area contributed by atoms with Crippen molar-refractivity contribution in [1.29, 1.82) is 0 Å². The van der Waals surface area contributed by atoms with E-state index >= 15 is 0 Å². The van der Waals surface area contributed by atoms with Gasteiger partial charge in [-0.25, -0.2) is 4.98 Å². The van der Waals surface area contributed by atoms with E-state index in [1.807, 2.05) is 51.3 Å². The highest BCUT2D eigenvalue weighted by Crippen LogP contribution is 2.26. The van der Waals surface area contributed by atoms with E-state index in [-0.39, 0.29) is 0 Å². The van der Waals surface area contributed by atoms with Crippen molar-refractivity contribution in [3.8, 4) is 11.3 Å². The zero-order valence-electron chi connectivity index (χ0n) is 11.3. The van der Waals surface area contributed by atoms with Gasteiger partial charge in [0.15, 0.2) is 0 Å². The highest BCUT2D eigenvalue weighted by molar-refractivity contribution is 5.78. The molecule has 1 heterocycles. The van der Waals surface area contributed by atoms with Gasteiger partial charge in [0.1, 0.15) is 5.82 Å². The number of H-pyrrole nitrogens is 1. The van der Waals surface area contributed by atoms with E-state index < -0.39 is 0 Å². The second kappa shape index (κ2) is 6.60. The van der Waals surface area contributed by atoms with Gasteiger partial charge in [-0.2, -0.15) is 0 Å². The third-order valence-corrected chi connectivity index (χ3v) is 2.56. The quantitative estimate of drug-likeness (QED) is 0.827. The summed E-state index contributed by atoms with van der Waals surface area (Å²) in [5.74, 6) is 0.911. The molecule has 0 saturated heterocycles. The minimum Gasteiger partial charge on any atom is -0.342 e. The van der Waals surface area contributed by atoms with Crippen LogP contribution in [0.2, 0.25) is 0 Å². The van der Waals surface area contributed by atoms with E-state index in [1.165, 1.54) is 0 Å². The Morgan fingerprint density at radius 3 is 2.39 bits per heavy atom. The number of benzene rings is 1. The van der Waals surface area contributed by atoms with E-state index in [4.69, 9.17) is 0 Å². The lowest BCUT2D eigenvalue weighted by Crippen LogP contribution is -1.87. The third-order valence-electron chi connectivity index (χ3n) is 2.56. The fraction of sp³-hybridized carbons (Fsp3) is 0.188. The summed E-state index contributed by atoms with van der Waals surface area (Å²) in [6.07, 6.45) is 5.52. The first-order chi connectivity index (χ1) is 8.76. The molecule has 0 aliphatic rings. The van der Waals surface area contributed by atoms with Crippen LogP contribution in [-0.4, -0.2) is 9.97 Å². The monoisotopic (exact) mass is 240 g/mol. The van der Waals surface area contributed by atoms with Crippen molar-refractivity contribution >= 4 is 12.2 Å². The van der Waals surface area contributed by atoms with Gasteiger partial charge in [0.2, 0.25) is 0 Å². The summed E-state index contributed by atoms with van der Waals surface area (Å²) >= 11 is 0. The number of aryl methyl sites for hydroxylation is 1. The summed E-state index contributed by atoms with van der Waals surface area (Å²) in [5, 5.41) is 0. The molecule has 1 N–H and O–H groups in total. The summed E-state index contributed by atoms with van der Waals surface area (Å²) in [6.45, 7) is 13.6. The molecule has 18 heavy (non-hydrogen) atoms. The van der Waals surface area contributed by atoms with Crippen LogP contribution in [0.3, 0.4) is 0 Å². The average Bonchev–Trinajstić information content (AvgIpc) is 2.86. The number of aromatic amines is 1. The Kier molecular flexibility index (Phi) is 5.12. The molecule has 94 valence electrons. The lowest BCUT2D eigenvalue weighted by atomic mass is 9.99. The van der Waals surface area contributed by atoms with Crippen LogP contribution in [0.25, 0.3) is 23.4 Å². The molecule has 0 bridgehead atoms. The van der Waals surface area contributed by atoms with Crippen molar-refractivity contribution in [3.63, 3.8) is 0 Å². The fourth-order valence-electron chi connectivity index (χ4n) is 1.78. The summed E-state index contributed by atoms with van der Waals surface area (Å²) in [5.41, 5.74) is 4.28. The SMILES string of the molecule is C=Cc1cccc(-c2cnc(C)[nH]2)c1C=C.CC. The van der Waals surface area contributed by atoms with Crippen LogP contribution in [0.4, 0.5) is 0 Å². The maximum absolute atomic E-state index is 4.21. The van der Waals surface area contributed by atoms with E-state index in [1.54, 1.807) is 0 Å². The standard InChI is InChI=1S/C14H14N2.C2H6/c1-4-11-7-6-8-13(12(11)5-2)14-9-15-10(3)16-14;1-2/h4-9H,1-2H2,3H3,(H,15,16);1-2H3. The van der Waals surface area contributed by atoms with Gasteiger partial charge in [0, 0.05) is 5.56 Å². The molecule has 1 aromatic carbocycles. The smallest absolute Gasteiger partial charge is 0.103 e. The molecule has 0 aliphatic heterocycles. The van der Waals surface area contributed by atoms with E-state index in [2.05, 4.69) is 29.2 Å². The highest BCUT2D eigenvalue weighted by Gasteiger charge is 2.07. The van der Waals surface area contributed by atoms with Crippen LogP contribution in [0.15, 0.2) is 37.6 Å². The Labute approximate surface area is 109 Å². The topological polar surface area (TPSA) is 28.7 Å². The summed E-state index contributed by atoms with van der Waals surface area (Å²) < 4.78 is 0. The molecule has 0 radical (unpaired) electrons. The Bertz CT molecular complexity index is 536. The van der Waals surface area contributed by atoms with E-state index in [0.717, 1.165) is 28.2 Å². The molecule has 2 rings (SSSR count). The third kappa shape index (κ3) is 2.77. The van der Waals surface area contributed by atoms with Crippen molar-refractivity contribution in [2.75, 3.05) is 0 Å². The number of rotatable bonds is 3. The first-order valence-electron chi connectivity index (χ1n) is 6.16. The second-order valence-electron chi connectivity index (χ2n) is 3.60. The largest absolute Gasteiger partial charge is 0.342 e. The minimum absolute atomic E-state index is 0.911. The zero-order valence-corrected chi connectivity index (χ0v) is 11.3. The van der Waals surface area contributed by atoms with Gasteiger partial charge in [0.25, 0.3) is 0 Å². The lowest BCUT2D eigenvalue weighted by molar-refractivity contribution is 1.15. The number of imidazole rings is 1. The van der Waals surface area contributed by atoms with Gasteiger partial charge >= 0.3 is 0 Å². The van der Waals surface area contributed by atoms with Crippen LogP contribution in [0.1, 0.15) is 30.8 Å². The molecule has 2 nitrogen and oxygen atoms in total. The van der Waals surface area contributed by atoms with Crippen molar-refractivity contribution in [3.05, 3.63) is 54.5 Å². The molecule has 0 atom stereocenters. The minimum atomic E-state index is 0.911.